The second-order valence-corrected chi connectivity index (χ2v) is 7.09. The Hall–Kier alpha value is -2.35. The monoisotopic (exact) mass is 303 g/mol. The van der Waals surface area contributed by atoms with E-state index in [2.05, 4.69) is 92.0 Å². The highest BCUT2D eigenvalue weighted by Gasteiger charge is 2.43. The molecule has 0 spiro atoms. The van der Waals surface area contributed by atoms with Gasteiger partial charge in [-0.3, -0.25) is 0 Å². The summed E-state index contributed by atoms with van der Waals surface area (Å²) >= 11 is 0. The maximum absolute atomic E-state index is 2.39. The number of para-hydroxylation sites is 2. The molecule has 0 saturated heterocycles. The van der Waals surface area contributed by atoms with Crippen molar-refractivity contribution in [1.29, 1.82) is 0 Å². The van der Waals surface area contributed by atoms with Crippen molar-refractivity contribution in [2.45, 2.75) is 25.7 Å². The predicted molar refractivity (Wildman–Crippen MR) is 97.0 cm³/mol. The highest BCUT2D eigenvalue weighted by molar-refractivity contribution is 6.04. The number of fused-ring (bicyclic) bond motifs is 2. The molecule has 2 aromatic rings. The lowest BCUT2D eigenvalue weighted by molar-refractivity contribution is -0.401. The lowest BCUT2D eigenvalue weighted by atomic mass is 9.81. The Bertz CT molecular complexity index is 856. The summed E-state index contributed by atoms with van der Waals surface area (Å²) in [5.74, 6) is 0. The van der Waals surface area contributed by atoms with Gasteiger partial charge in [-0.25, -0.2) is 0 Å². The molecule has 0 amide bonds. The van der Waals surface area contributed by atoms with Crippen LogP contribution in [0.1, 0.15) is 25.0 Å². The van der Waals surface area contributed by atoms with Crippen molar-refractivity contribution in [3.8, 4) is 0 Å². The summed E-state index contributed by atoms with van der Waals surface area (Å²) in [6.07, 6.45) is 3.40. The molecular formula is C21H23N2+. The first-order valence-electron chi connectivity index (χ1n) is 8.23. The van der Waals surface area contributed by atoms with Gasteiger partial charge in [-0.1, -0.05) is 36.4 Å². The van der Waals surface area contributed by atoms with Gasteiger partial charge in [0, 0.05) is 42.6 Å². The molecule has 0 aromatic heterocycles. The average molecular weight is 303 g/mol. The average Bonchev–Trinajstić information content (AvgIpc) is 2.97. The van der Waals surface area contributed by atoms with Crippen LogP contribution in [0, 0.1) is 0 Å². The van der Waals surface area contributed by atoms with E-state index in [0.717, 1.165) is 6.42 Å². The standard InChI is InChI=1S/C21H23N2/c1-21(2)17-10-6-8-12-19(17)23(4)20(21)14-16-13-15-9-5-7-11-18(15)22(16)3/h5-12,14H,13H2,1-4H3/q+1. The van der Waals surface area contributed by atoms with Crippen LogP contribution in [-0.2, 0) is 11.8 Å². The van der Waals surface area contributed by atoms with Gasteiger partial charge in [-0.2, -0.15) is 4.58 Å². The fraction of sp³-hybridized carbons (Fsp3) is 0.286. The van der Waals surface area contributed by atoms with Crippen LogP contribution in [0.5, 0.6) is 0 Å². The molecule has 0 atom stereocenters. The molecule has 2 aliphatic heterocycles. The lowest BCUT2D eigenvalue weighted by Gasteiger charge is -2.18. The van der Waals surface area contributed by atoms with E-state index in [-0.39, 0.29) is 5.41 Å². The molecule has 2 aromatic carbocycles. The van der Waals surface area contributed by atoms with Gasteiger partial charge in [0.15, 0.2) is 5.71 Å². The van der Waals surface area contributed by atoms with Gasteiger partial charge in [-0.05, 0) is 25.5 Å². The Morgan fingerprint density at radius 3 is 2.48 bits per heavy atom. The van der Waals surface area contributed by atoms with Gasteiger partial charge in [0.05, 0.1) is 5.41 Å². The first-order valence-corrected chi connectivity index (χ1v) is 8.23. The zero-order chi connectivity index (χ0) is 16.2. The second kappa shape index (κ2) is 4.82. The van der Waals surface area contributed by atoms with E-state index < -0.39 is 0 Å². The van der Waals surface area contributed by atoms with E-state index in [1.807, 2.05) is 0 Å². The fourth-order valence-electron chi connectivity index (χ4n) is 4.02. The van der Waals surface area contributed by atoms with Crippen molar-refractivity contribution >= 4 is 17.1 Å². The minimum atomic E-state index is 0.0357. The molecule has 23 heavy (non-hydrogen) atoms. The van der Waals surface area contributed by atoms with E-state index in [1.165, 1.54) is 33.9 Å². The molecule has 0 unspecified atom stereocenters. The molecule has 4 rings (SSSR count). The third kappa shape index (κ3) is 1.98. The Morgan fingerprint density at radius 2 is 1.74 bits per heavy atom. The molecule has 116 valence electrons. The highest BCUT2D eigenvalue weighted by Crippen LogP contribution is 2.40. The van der Waals surface area contributed by atoms with E-state index >= 15 is 0 Å². The van der Waals surface area contributed by atoms with Crippen molar-refractivity contribution in [3.05, 3.63) is 71.4 Å². The number of allylic oxidation sites excluding steroid dienone is 2. The Labute approximate surface area is 138 Å². The van der Waals surface area contributed by atoms with Crippen LogP contribution < -0.4 is 4.90 Å². The maximum atomic E-state index is 2.39. The summed E-state index contributed by atoms with van der Waals surface area (Å²) in [5, 5.41) is 0. The minimum Gasteiger partial charge on any atom is -0.347 e. The third-order valence-electron chi connectivity index (χ3n) is 5.40. The summed E-state index contributed by atoms with van der Waals surface area (Å²) in [5.41, 5.74) is 8.25. The summed E-state index contributed by atoms with van der Waals surface area (Å²) in [7, 11) is 4.36. The van der Waals surface area contributed by atoms with Crippen molar-refractivity contribution < 1.29 is 4.58 Å². The lowest BCUT2D eigenvalue weighted by Crippen LogP contribution is -2.28. The van der Waals surface area contributed by atoms with E-state index in [1.54, 1.807) is 0 Å². The predicted octanol–water partition coefficient (Wildman–Crippen LogP) is 4.27. The summed E-state index contributed by atoms with van der Waals surface area (Å²) < 4.78 is 2.35. The summed E-state index contributed by atoms with van der Waals surface area (Å²) in [6, 6.07) is 17.4. The molecule has 0 bridgehead atoms. The zero-order valence-electron chi connectivity index (χ0n) is 14.3. The number of nitrogens with zero attached hydrogens (tertiary/aromatic N) is 2. The Morgan fingerprint density at radius 1 is 1.04 bits per heavy atom. The van der Waals surface area contributed by atoms with Gasteiger partial charge in [0.2, 0.25) is 5.69 Å². The Balaban J connectivity index is 1.80. The van der Waals surface area contributed by atoms with E-state index in [0.29, 0.717) is 0 Å². The molecule has 0 radical (unpaired) electrons. The van der Waals surface area contributed by atoms with E-state index in [9.17, 15) is 0 Å². The molecule has 2 aliphatic rings. The number of likely N-dealkylation sites (N-methyl/N-ethyl adjacent to an activating group) is 1. The highest BCUT2D eigenvalue weighted by atomic mass is 15.1. The van der Waals surface area contributed by atoms with Gasteiger partial charge in [-0.15, -0.1) is 0 Å². The molecule has 0 N–H and O–H groups in total. The molecule has 0 aliphatic carbocycles. The van der Waals surface area contributed by atoms with Crippen LogP contribution in [0.4, 0.5) is 11.4 Å². The van der Waals surface area contributed by atoms with Crippen LogP contribution in [0.15, 0.2) is 60.3 Å². The first kappa shape index (κ1) is 14.3. The van der Waals surface area contributed by atoms with Gasteiger partial charge >= 0.3 is 0 Å². The third-order valence-corrected chi connectivity index (χ3v) is 5.40. The van der Waals surface area contributed by atoms with Crippen LogP contribution in [0.3, 0.4) is 0 Å². The maximum Gasteiger partial charge on any atom is 0.209 e. The van der Waals surface area contributed by atoms with Crippen LogP contribution in [0.2, 0.25) is 0 Å². The normalized spacial score (nSPS) is 20.2. The SMILES string of the molecule is CN1C(=CC2=[N+](C)c3ccccc3C2(C)C)Cc2ccccc21. The van der Waals surface area contributed by atoms with Gasteiger partial charge in [0.1, 0.15) is 7.05 Å². The van der Waals surface area contributed by atoms with Crippen molar-refractivity contribution in [2.75, 3.05) is 19.0 Å². The zero-order valence-corrected chi connectivity index (χ0v) is 14.3. The summed E-state index contributed by atoms with van der Waals surface area (Å²) in [4.78, 5) is 2.33. The topological polar surface area (TPSA) is 6.25 Å². The van der Waals surface area contributed by atoms with Crippen LogP contribution in [0.25, 0.3) is 0 Å². The largest absolute Gasteiger partial charge is 0.347 e. The van der Waals surface area contributed by atoms with Crippen LogP contribution in [-0.4, -0.2) is 24.4 Å². The van der Waals surface area contributed by atoms with Gasteiger partial charge in [0.25, 0.3) is 0 Å². The number of benzene rings is 2. The Kier molecular flexibility index (Phi) is 2.99. The van der Waals surface area contributed by atoms with Crippen LogP contribution >= 0.6 is 0 Å². The molecule has 0 saturated carbocycles. The van der Waals surface area contributed by atoms with Crippen molar-refractivity contribution in [3.63, 3.8) is 0 Å². The minimum absolute atomic E-state index is 0.0357. The number of hydrogen-bond donors (Lipinski definition) is 0. The number of rotatable bonds is 1. The molecule has 2 heterocycles. The second-order valence-electron chi connectivity index (χ2n) is 7.09. The van der Waals surface area contributed by atoms with Crippen molar-refractivity contribution in [1.82, 2.24) is 0 Å². The molecule has 2 heteroatoms. The van der Waals surface area contributed by atoms with E-state index in [4.69, 9.17) is 0 Å². The summed E-state index contributed by atoms with van der Waals surface area (Å²) in [6.45, 7) is 4.65. The number of anilines is 1. The quantitative estimate of drug-likeness (QED) is 0.713. The first-order chi connectivity index (χ1) is 11.0. The molecular weight excluding hydrogens is 280 g/mol. The molecule has 2 nitrogen and oxygen atoms in total. The molecule has 0 fully saturated rings. The van der Waals surface area contributed by atoms with Gasteiger partial charge < -0.3 is 4.90 Å². The smallest absolute Gasteiger partial charge is 0.209 e. The van der Waals surface area contributed by atoms with Crippen molar-refractivity contribution in [2.24, 2.45) is 0 Å². The fourth-order valence-corrected chi connectivity index (χ4v) is 4.02. The number of hydrogen-bond acceptors (Lipinski definition) is 1.